The second-order valence-corrected chi connectivity index (χ2v) is 5.06. The number of hydrogen-bond donors (Lipinski definition) is 1. The quantitative estimate of drug-likeness (QED) is 0.521. The van der Waals surface area contributed by atoms with E-state index in [2.05, 4.69) is 10.1 Å². The van der Waals surface area contributed by atoms with E-state index < -0.39 is 22.4 Å². The van der Waals surface area contributed by atoms with Crippen molar-refractivity contribution >= 4 is 28.7 Å². The van der Waals surface area contributed by atoms with Crippen molar-refractivity contribution in [2.75, 3.05) is 12.4 Å². The van der Waals surface area contributed by atoms with Gasteiger partial charge in [0.2, 0.25) is 0 Å². The summed E-state index contributed by atoms with van der Waals surface area (Å²) in [5.74, 6) is -1.88. The van der Waals surface area contributed by atoms with E-state index in [9.17, 15) is 19.3 Å². The molecule has 0 aliphatic heterocycles. The van der Waals surface area contributed by atoms with E-state index in [1.54, 1.807) is 0 Å². The summed E-state index contributed by atoms with van der Waals surface area (Å²) in [6.45, 7) is 0.338. The molecule has 0 unspecified atom stereocenters. The molecule has 0 amide bonds. The summed E-state index contributed by atoms with van der Waals surface area (Å²) < 4.78 is 18.2. The van der Waals surface area contributed by atoms with Crippen LogP contribution in [0.2, 0.25) is 0 Å². The number of rotatable bonds is 5. The topological polar surface area (TPSA) is 81.5 Å². The first-order valence-electron chi connectivity index (χ1n) is 5.85. The van der Waals surface area contributed by atoms with Gasteiger partial charge >= 0.3 is 5.97 Å². The zero-order valence-corrected chi connectivity index (χ0v) is 11.8. The number of hydrogen-bond acceptors (Lipinski definition) is 6. The number of nitrogens with one attached hydrogen (secondary N) is 1. The molecule has 0 saturated heterocycles. The Kier molecular flexibility index (Phi) is 4.49. The standard InChI is InChI=1S/C13H11FN2O4S/c1-20-13(17)9-5-11(12(16(18)19)6-10(9)14)15-7-8-3-2-4-21-8/h2-6,15H,7H2,1H3. The number of methoxy groups -OCH3 is 1. The summed E-state index contributed by atoms with van der Waals surface area (Å²) in [6.07, 6.45) is 0. The van der Waals surface area contributed by atoms with Crippen LogP contribution < -0.4 is 5.32 Å². The number of carbonyl (C=O) groups is 1. The lowest BCUT2D eigenvalue weighted by Crippen LogP contribution is -2.08. The fourth-order valence-electron chi connectivity index (χ4n) is 1.72. The number of anilines is 1. The molecule has 0 aliphatic rings. The van der Waals surface area contributed by atoms with Gasteiger partial charge in [0, 0.05) is 11.4 Å². The number of thiophene rings is 1. The minimum atomic E-state index is -0.991. The molecule has 8 heteroatoms. The maximum atomic E-state index is 13.7. The van der Waals surface area contributed by atoms with E-state index in [4.69, 9.17) is 0 Å². The van der Waals surface area contributed by atoms with E-state index in [-0.39, 0.29) is 11.3 Å². The van der Waals surface area contributed by atoms with Crippen LogP contribution in [-0.2, 0) is 11.3 Å². The Morgan fingerprint density at radius 1 is 1.52 bits per heavy atom. The van der Waals surface area contributed by atoms with Gasteiger partial charge in [0.25, 0.3) is 5.69 Å². The van der Waals surface area contributed by atoms with Crippen molar-refractivity contribution in [3.63, 3.8) is 0 Å². The molecule has 1 N–H and O–H groups in total. The summed E-state index contributed by atoms with van der Waals surface area (Å²) in [5, 5.41) is 15.7. The average molecular weight is 310 g/mol. The van der Waals surface area contributed by atoms with Gasteiger partial charge in [-0.05, 0) is 17.5 Å². The fourth-order valence-corrected chi connectivity index (χ4v) is 2.36. The number of esters is 1. The lowest BCUT2D eigenvalue weighted by Gasteiger charge is -2.08. The van der Waals surface area contributed by atoms with Gasteiger partial charge in [-0.1, -0.05) is 6.07 Å². The third-order valence-corrected chi connectivity index (χ3v) is 3.60. The highest BCUT2D eigenvalue weighted by Crippen LogP contribution is 2.29. The molecule has 21 heavy (non-hydrogen) atoms. The predicted molar refractivity (Wildman–Crippen MR) is 76.0 cm³/mol. The molecule has 0 spiro atoms. The molecule has 2 aromatic rings. The molecule has 0 atom stereocenters. The van der Waals surface area contributed by atoms with Crippen LogP contribution in [-0.4, -0.2) is 18.0 Å². The Morgan fingerprint density at radius 3 is 2.86 bits per heavy atom. The van der Waals surface area contributed by atoms with E-state index in [1.807, 2.05) is 17.5 Å². The van der Waals surface area contributed by atoms with E-state index >= 15 is 0 Å². The average Bonchev–Trinajstić information content (AvgIpc) is 2.98. The predicted octanol–water partition coefficient (Wildman–Crippen LogP) is 3.19. The smallest absolute Gasteiger partial charge is 0.340 e. The van der Waals surface area contributed by atoms with Crippen LogP contribution in [0.4, 0.5) is 15.8 Å². The molecule has 6 nitrogen and oxygen atoms in total. The van der Waals surface area contributed by atoms with Crippen molar-refractivity contribution in [3.05, 3.63) is 56.0 Å². The number of nitro groups is 1. The Labute approximate surface area is 123 Å². The molecule has 0 saturated carbocycles. The van der Waals surface area contributed by atoms with Gasteiger partial charge in [0.15, 0.2) is 0 Å². The first kappa shape index (κ1) is 14.9. The number of carbonyl (C=O) groups excluding carboxylic acids is 1. The van der Waals surface area contributed by atoms with Crippen LogP contribution in [0.3, 0.4) is 0 Å². The van der Waals surface area contributed by atoms with Crippen molar-refractivity contribution in [1.82, 2.24) is 0 Å². The second kappa shape index (κ2) is 6.31. The molecule has 0 aliphatic carbocycles. The monoisotopic (exact) mass is 310 g/mol. The van der Waals surface area contributed by atoms with Gasteiger partial charge < -0.3 is 10.1 Å². The first-order valence-corrected chi connectivity index (χ1v) is 6.73. The molecule has 1 aromatic heterocycles. The zero-order chi connectivity index (χ0) is 15.4. The highest BCUT2D eigenvalue weighted by Gasteiger charge is 2.22. The van der Waals surface area contributed by atoms with Crippen molar-refractivity contribution in [2.24, 2.45) is 0 Å². The van der Waals surface area contributed by atoms with Crippen LogP contribution in [0, 0.1) is 15.9 Å². The van der Waals surface area contributed by atoms with Crippen molar-refractivity contribution < 1.29 is 18.8 Å². The van der Waals surface area contributed by atoms with E-state index in [0.29, 0.717) is 12.6 Å². The lowest BCUT2D eigenvalue weighted by molar-refractivity contribution is -0.384. The molecule has 0 bridgehead atoms. The van der Waals surface area contributed by atoms with Gasteiger partial charge in [0.05, 0.1) is 23.7 Å². The Bertz CT molecular complexity index is 673. The minimum Gasteiger partial charge on any atom is -0.465 e. The second-order valence-electron chi connectivity index (χ2n) is 4.03. The van der Waals surface area contributed by atoms with Gasteiger partial charge in [0.1, 0.15) is 11.5 Å². The number of ether oxygens (including phenoxy) is 1. The third kappa shape index (κ3) is 3.34. The summed E-state index contributed by atoms with van der Waals surface area (Å²) in [7, 11) is 1.11. The van der Waals surface area contributed by atoms with Gasteiger partial charge in [-0.2, -0.15) is 0 Å². The fraction of sp³-hybridized carbons (Fsp3) is 0.154. The maximum absolute atomic E-state index is 13.7. The van der Waals surface area contributed by atoms with Gasteiger partial charge in [-0.15, -0.1) is 11.3 Å². The highest BCUT2D eigenvalue weighted by molar-refractivity contribution is 7.09. The van der Waals surface area contributed by atoms with Crippen LogP contribution >= 0.6 is 11.3 Å². The minimum absolute atomic E-state index is 0.0650. The van der Waals surface area contributed by atoms with Crippen LogP contribution in [0.25, 0.3) is 0 Å². The normalized spacial score (nSPS) is 10.2. The van der Waals surface area contributed by atoms with Crippen LogP contribution in [0.15, 0.2) is 29.6 Å². The lowest BCUT2D eigenvalue weighted by atomic mass is 10.1. The summed E-state index contributed by atoms with van der Waals surface area (Å²) >= 11 is 1.48. The van der Waals surface area contributed by atoms with E-state index in [1.165, 1.54) is 11.3 Å². The van der Waals surface area contributed by atoms with Crippen LogP contribution in [0.5, 0.6) is 0 Å². The molecular weight excluding hydrogens is 299 g/mol. The SMILES string of the molecule is COC(=O)c1cc(NCc2cccs2)c([N+](=O)[O-])cc1F. The van der Waals surface area contributed by atoms with Crippen molar-refractivity contribution in [3.8, 4) is 0 Å². The maximum Gasteiger partial charge on any atom is 0.340 e. The zero-order valence-electron chi connectivity index (χ0n) is 11.0. The Hall–Kier alpha value is -2.48. The first-order chi connectivity index (χ1) is 10.0. The molecule has 1 aromatic carbocycles. The molecule has 0 radical (unpaired) electrons. The Morgan fingerprint density at radius 2 is 2.29 bits per heavy atom. The number of nitrogens with zero attached hydrogens (tertiary/aromatic N) is 1. The summed E-state index contributed by atoms with van der Waals surface area (Å²) in [6, 6.07) is 5.50. The largest absolute Gasteiger partial charge is 0.465 e. The van der Waals surface area contributed by atoms with Crippen molar-refractivity contribution in [1.29, 1.82) is 0 Å². The molecule has 2 rings (SSSR count). The molecule has 110 valence electrons. The van der Waals surface area contributed by atoms with Gasteiger partial charge in [-0.3, -0.25) is 10.1 Å². The summed E-state index contributed by atoms with van der Waals surface area (Å²) in [5.41, 5.74) is -0.719. The van der Waals surface area contributed by atoms with Gasteiger partial charge in [-0.25, -0.2) is 9.18 Å². The molecule has 0 fully saturated rings. The van der Waals surface area contributed by atoms with E-state index in [0.717, 1.165) is 18.1 Å². The highest BCUT2D eigenvalue weighted by atomic mass is 32.1. The summed E-state index contributed by atoms with van der Waals surface area (Å²) in [4.78, 5) is 22.7. The number of benzene rings is 1. The Balaban J connectivity index is 2.35. The van der Waals surface area contributed by atoms with Crippen molar-refractivity contribution in [2.45, 2.75) is 6.54 Å². The molecule has 1 heterocycles. The number of nitro benzene ring substituents is 1. The third-order valence-electron chi connectivity index (χ3n) is 2.72. The van der Waals surface area contributed by atoms with Crippen LogP contribution in [0.1, 0.15) is 15.2 Å². The molecular formula is C13H11FN2O4S. The number of halogens is 1.